The third-order valence-corrected chi connectivity index (χ3v) is 5.92. The van der Waals surface area contributed by atoms with Gasteiger partial charge < -0.3 is 15.4 Å². The summed E-state index contributed by atoms with van der Waals surface area (Å²) >= 11 is 0. The number of ether oxygens (including phenoxy) is 1. The van der Waals surface area contributed by atoms with Crippen LogP contribution in [0.3, 0.4) is 0 Å². The summed E-state index contributed by atoms with van der Waals surface area (Å²) in [4.78, 5) is 27.5. The van der Waals surface area contributed by atoms with Gasteiger partial charge in [-0.2, -0.15) is 0 Å². The Kier molecular flexibility index (Phi) is 6.17. The molecule has 2 amide bonds. The van der Waals surface area contributed by atoms with Crippen LogP contribution in [0.1, 0.15) is 45.1 Å². The van der Waals surface area contributed by atoms with Gasteiger partial charge >= 0.3 is 0 Å². The van der Waals surface area contributed by atoms with Crippen molar-refractivity contribution < 1.29 is 14.3 Å². The minimum absolute atomic E-state index is 0.0493. The number of carbonyl (C=O) groups excluding carboxylic acids is 2. The van der Waals surface area contributed by atoms with E-state index in [4.69, 9.17) is 4.74 Å². The molecule has 27 heavy (non-hydrogen) atoms. The van der Waals surface area contributed by atoms with Crippen LogP contribution in [0.2, 0.25) is 0 Å². The van der Waals surface area contributed by atoms with Gasteiger partial charge in [0.15, 0.2) is 0 Å². The third-order valence-electron chi connectivity index (χ3n) is 5.92. The van der Waals surface area contributed by atoms with E-state index in [1.165, 1.54) is 0 Å². The van der Waals surface area contributed by atoms with E-state index in [1.54, 1.807) is 0 Å². The van der Waals surface area contributed by atoms with Crippen LogP contribution in [-0.4, -0.2) is 48.6 Å². The first kappa shape index (κ1) is 19.8. The SMILES string of the molecule is Cc1c(NC(=O)C2CCCC2)cccc1NC(=O)C(C)(C)N1CCOCC1. The number of carbonyl (C=O) groups is 2. The molecular formula is C21H31N3O3. The molecule has 1 heterocycles. The molecule has 0 radical (unpaired) electrons. The Hall–Kier alpha value is -1.92. The minimum Gasteiger partial charge on any atom is -0.379 e. The molecule has 0 atom stereocenters. The Labute approximate surface area is 161 Å². The Morgan fingerprint density at radius 2 is 1.67 bits per heavy atom. The van der Waals surface area contributed by atoms with Crippen LogP contribution >= 0.6 is 0 Å². The van der Waals surface area contributed by atoms with E-state index >= 15 is 0 Å². The van der Waals surface area contributed by atoms with E-state index in [2.05, 4.69) is 15.5 Å². The van der Waals surface area contributed by atoms with Gasteiger partial charge in [0.1, 0.15) is 0 Å². The maximum Gasteiger partial charge on any atom is 0.244 e. The maximum absolute atomic E-state index is 12.9. The van der Waals surface area contributed by atoms with Gasteiger partial charge in [-0.25, -0.2) is 0 Å². The Balaban J connectivity index is 1.69. The zero-order chi connectivity index (χ0) is 19.4. The molecule has 0 spiro atoms. The lowest BCUT2D eigenvalue weighted by Crippen LogP contribution is -2.56. The zero-order valence-electron chi connectivity index (χ0n) is 16.6. The molecule has 0 aromatic heterocycles. The van der Waals surface area contributed by atoms with Crippen molar-refractivity contribution >= 4 is 23.2 Å². The van der Waals surface area contributed by atoms with Gasteiger partial charge in [-0.1, -0.05) is 18.9 Å². The number of nitrogens with one attached hydrogen (secondary N) is 2. The van der Waals surface area contributed by atoms with Crippen molar-refractivity contribution in [3.8, 4) is 0 Å². The summed E-state index contributed by atoms with van der Waals surface area (Å²) in [5.41, 5.74) is 1.77. The predicted molar refractivity (Wildman–Crippen MR) is 107 cm³/mol. The van der Waals surface area contributed by atoms with E-state index in [1.807, 2.05) is 39.0 Å². The van der Waals surface area contributed by atoms with Crippen molar-refractivity contribution in [2.75, 3.05) is 36.9 Å². The molecule has 0 bridgehead atoms. The van der Waals surface area contributed by atoms with Gasteiger partial charge in [-0.05, 0) is 51.3 Å². The zero-order valence-corrected chi connectivity index (χ0v) is 16.6. The molecule has 1 saturated heterocycles. The second-order valence-corrected chi connectivity index (χ2v) is 8.06. The van der Waals surface area contributed by atoms with Crippen molar-refractivity contribution in [1.82, 2.24) is 4.90 Å². The lowest BCUT2D eigenvalue weighted by Gasteiger charge is -2.39. The van der Waals surface area contributed by atoms with Gasteiger partial charge in [0.2, 0.25) is 11.8 Å². The number of benzene rings is 1. The van der Waals surface area contributed by atoms with E-state index in [0.717, 1.165) is 55.7 Å². The van der Waals surface area contributed by atoms with E-state index in [-0.39, 0.29) is 17.7 Å². The van der Waals surface area contributed by atoms with E-state index in [9.17, 15) is 9.59 Å². The highest BCUT2D eigenvalue weighted by atomic mass is 16.5. The normalized spacial score (nSPS) is 19.1. The van der Waals surface area contributed by atoms with Crippen LogP contribution < -0.4 is 10.6 Å². The van der Waals surface area contributed by atoms with Crippen LogP contribution in [0, 0.1) is 12.8 Å². The first-order valence-electron chi connectivity index (χ1n) is 9.94. The standard InChI is InChI=1S/C21H31N3O3/c1-15-17(22-19(25)16-7-4-5-8-16)9-6-10-18(15)23-20(26)21(2,3)24-11-13-27-14-12-24/h6,9-10,16H,4-5,7-8,11-14H2,1-3H3,(H,22,25)(H,23,26). The number of nitrogens with zero attached hydrogens (tertiary/aromatic N) is 1. The van der Waals surface area contributed by atoms with Crippen molar-refractivity contribution in [3.63, 3.8) is 0 Å². The lowest BCUT2D eigenvalue weighted by molar-refractivity contribution is -0.129. The van der Waals surface area contributed by atoms with Crippen molar-refractivity contribution in [1.29, 1.82) is 0 Å². The molecule has 1 aromatic rings. The first-order chi connectivity index (χ1) is 12.9. The molecular weight excluding hydrogens is 342 g/mol. The summed E-state index contributed by atoms with van der Waals surface area (Å²) in [6.07, 6.45) is 4.19. The summed E-state index contributed by atoms with van der Waals surface area (Å²) in [5.74, 6) is 0.155. The highest BCUT2D eigenvalue weighted by Crippen LogP contribution is 2.29. The molecule has 2 aliphatic rings. The molecule has 2 N–H and O–H groups in total. The average molecular weight is 373 g/mol. The van der Waals surface area contributed by atoms with E-state index in [0.29, 0.717) is 13.2 Å². The predicted octanol–water partition coefficient (Wildman–Crippen LogP) is 3.17. The maximum atomic E-state index is 12.9. The van der Waals surface area contributed by atoms with Crippen LogP contribution in [0.15, 0.2) is 18.2 Å². The second-order valence-electron chi connectivity index (χ2n) is 8.06. The highest BCUT2D eigenvalue weighted by Gasteiger charge is 2.35. The van der Waals surface area contributed by atoms with Crippen LogP contribution in [0.4, 0.5) is 11.4 Å². The van der Waals surface area contributed by atoms with Crippen molar-refractivity contribution in [3.05, 3.63) is 23.8 Å². The monoisotopic (exact) mass is 373 g/mol. The number of hydrogen-bond acceptors (Lipinski definition) is 4. The fourth-order valence-electron chi connectivity index (χ4n) is 3.87. The Bertz CT molecular complexity index is 690. The first-order valence-corrected chi connectivity index (χ1v) is 9.94. The van der Waals surface area contributed by atoms with Crippen molar-refractivity contribution in [2.24, 2.45) is 5.92 Å². The van der Waals surface area contributed by atoms with Gasteiger partial charge in [0, 0.05) is 30.4 Å². The molecule has 6 nitrogen and oxygen atoms in total. The highest BCUT2D eigenvalue weighted by molar-refractivity contribution is 6.00. The summed E-state index contributed by atoms with van der Waals surface area (Å²) in [7, 11) is 0. The largest absolute Gasteiger partial charge is 0.379 e. The van der Waals surface area contributed by atoms with Gasteiger partial charge in [-0.3, -0.25) is 14.5 Å². The molecule has 6 heteroatoms. The average Bonchev–Trinajstić information content (AvgIpc) is 3.20. The van der Waals surface area contributed by atoms with Crippen LogP contribution in [0.5, 0.6) is 0 Å². The minimum atomic E-state index is -0.626. The molecule has 1 aromatic carbocycles. The topological polar surface area (TPSA) is 70.7 Å². The number of anilines is 2. The van der Waals surface area contributed by atoms with Crippen molar-refractivity contribution in [2.45, 2.75) is 52.0 Å². The molecule has 1 saturated carbocycles. The molecule has 148 valence electrons. The number of hydrogen-bond donors (Lipinski definition) is 2. The number of amides is 2. The fourth-order valence-corrected chi connectivity index (χ4v) is 3.87. The Morgan fingerprint density at radius 1 is 1.07 bits per heavy atom. The second kappa shape index (κ2) is 8.40. The molecule has 0 unspecified atom stereocenters. The quantitative estimate of drug-likeness (QED) is 0.832. The fraction of sp³-hybridized carbons (Fsp3) is 0.619. The van der Waals surface area contributed by atoms with Gasteiger partial charge in [-0.15, -0.1) is 0 Å². The molecule has 1 aliphatic heterocycles. The summed E-state index contributed by atoms with van der Waals surface area (Å²) in [6, 6.07) is 5.65. The van der Waals surface area contributed by atoms with Crippen LogP contribution in [-0.2, 0) is 14.3 Å². The molecule has 1 aliphatic carbocycles. The smallest absolute Gasteiger partial charge is 0.244 e. The summed E-state index contributed by atoms with van der Waals surface area (Å²) in [6.45, 7) is 8.61. The number of rotatable bonds is 5. The lowest BCUT2D eigenvalue weighted by atomic mass is 10.00. The molecule has 3 rings (SSSR count). The molecule has 2 fully saturated rings. The third kappa shape index (κ3) is 4.50. The van der Waals surface area contributed by atoms with Gasteiger partial charge in [0.05, 0.1) is 18.8 Å². The van der Waals surface area contributed by atoms with E-state index < -0.39 is 5.54 Å². The Morgan fingerprint density at radius 3 is 2.30 bits per heavy atom. The van der Waals surface area contributed by atoms with Crippen LogP contribution in [0.25, 0.3) is 0 Å². The number of morpholine rings is 1. The summed E-state index contributed by atoms with van der Waals surface area (Å²) in [5, 5.41) is 6.11. The van der Waals surface area contributed by atoms with Gasteiger partial charge in [0.25, 0.3) is 0 Å². The summed E-state index contributed by atoms with van der Waals surface area (Å²) < 4.78 is 5.39.